The number of thioether (sulfide) groups is 1. The van der Waals surface area contributed by atoms with Crippen molar-refractivity contribution < 1.29 is 4.74 Å². The van der Waals surface area contributed by atoms with Gasteiger partial charge in [-0.25, -0.2) is 0 Å². The fourth-order valence-electron chi connectivity index (χ4n) is 3.18. The van der Waals surface area contributed by atoms with Gasteiger partial charge in [-0.2, -0.15) is 11.8 Å². The lowest BCUT2D eigenvalue weighted by atomic mass is 9.98. The molecule has 4 heteroatoms. The van der Waals surface area contributed by atoms with Gasteiger partial charge < -0.3 is 4.74 Å². The lowest BCUT2D eigenvalue weighted by Crippen LogP contribution is -2.43. The number of rotatable bonds is 5. The Morgan fingerprint density at radius 3 is 3.15 bits per heavy atom. The molecule has 2 unspecified atom stereocenters. The molecule has 0 amide bonds. The van der Waals surface area contributed by atoms with E-state index in [4.69, 9.17) is 10.6 Å². The summed E-state index contributed by atoms with van der Waals surface area (Å²) in [6.07, 6.45) is 7.29. The Kier molecular flexibility index (Phi) is 4.86. The normalized spacial score (nSPS) is 23.1. The minimum atomic E-state index is 0.435. The van der Waals surface area contributed by atoms with Gasteiger partial charge in [0.2, 0.25) is 0 Å². The molecule has 3 nitrogen and oxygen atoms in total. The van der Waals surface area contributed by atoms with Crippen molar-refractivity contribution in [2.45, 2.75) is 49.8 Å². The molecule has 0 bridgehead atoms. The molecule has 0 aromatic heterocycles. The van der Waals surface area contributed by atoms with Crippen molar-refractivity contribution in [1.29, 1.82) is 0 Å². The second-order valence-corrected chi connectivity index (χ2v) is 7.10. The van der Waals surface area contributed by atoms with E-state index in [0.717, 1.165) is 31.6 Å². The molecule has 1 saturated heterocycles. The van der Waals surface area contributed by atoms with Gasteiger partial charge in [-0.1, -0.05) is 18.6 Å². The predicted octanol–water partition coefficient (Wildman–Crippen LogP) is 2.67. The number of benzene rings is 1. The van der Waals surface area contributed by atoms with Crippen LogP contribution < -0.4 is 16.0 Å². The molecule has 3 rings (SSSR count). The summed E-state index contributed by atoms with van der Waals surface area (Å²) in [6.45, 7) is 0.838. The number of nitrogens with one attached hydrogen (secondary N) is 1. The molecule has 1 aromatic rings. The largest absolute Gasteiger partial charge is 0.493 e. The maximum Gasteiger partial charge on any atom is 0.122 e. The summed E-state index contributed by atoms with van der Waals surface area (Å²) in [5.41, 5.74) is 5.83. The smallest absolute Gasteiger partial charge is 0.122 e. The Morgan fingerprint density at radius 1 is 1.40 bits per heavy atom. The van der Waals surface area contributed by atoms with Crippen molar-refractivity contribution >= 4 is 11.8 Å². The standard InChI is InChI=1S/C16H24N2OS/c17-18-14(16-3-1-2-10-20-16)6-4-12-5-7-15-13(11-12)8-9-19-15/h5,7,11,14,16,18H,1-4,6,8-10,17H2. The summed E-state index contributed by atoms with van der Waals surface area (Å²) in [6, 6.07) is 7.07. The zero-order valence-electron chi connectivity index (χ0n) is 11.9. The average molecular weight is 292 g/mol. The van der Waals surface area contributed by atoms with E-state index in [1.807, 2.05) is 0 Å². The first-order valence-electron chi connectivity index (χ1n) is 7.69. The van der Waals surface area contributed by atoms with E-state index in [-0.39, 0.29) is 0 Å². The van der Waals surface area contributed by atoms with Crippen molar-refractivity contribution in [1.82, 2.24) is 5.43 Å². The number of hydrogen-bond acceptors (Lipinski definition) is 4. The first-order chi connectivity index (χ1) is 9.86. The van der Waals surface area contributed by atoms with Crippen molar-refractivity contribution in [3.8, 4) is 5.75 Å². The highest BCUT2D eigenvalue weighted by Crippen LogP contribution is 2.30. The van der Waals surface area contributed by atoms with E-state index in [9.17, 15) is 0 Å². The Morgan fingerprint density at radius 2 is 2.35 bits per heavy atom. The molecule has 110 valence electrons. The SMILES string of the molecule is NNC(CCc1ccc2c(c1)CCO2)C1CCCCS1. The Balaban J connectivity index is 1.57. The minimum Gasteiger partial charge on any atom is -0.493 e. The number of nitrogens with two attached hydrogens (primary N) is 1. The number of fused-ring (bicyclic) bond motifs is 1. The van der Waals surface area contributed by atoms with Crippen LogP contribution in [0.5, 0.6) is 5.75 Å². The van der Waals surface area contributed by atoms with Gasteiger partial charge in [-0.3, -0.25) is 11.3 Å². The third-order valence-corrected chi connectivity index (χ3v) is 5.89. The maximum absolute atomic E-state index is 5.77. The summed E-state index contributed by atoms with van der Waals surface area (Å²) in [5, 5.41) is 0.687. The number of ether oxygens (including phenoxy) is 1. The molecule has 1 aromatic carbocycles. The van der Waals surface area contributed by atoms with Crippen LogP contribution in [0.1, 0.15) is 36.8 Å². The van der Waals surface area contributed by atoms with E-state index >= 15 is 0 Å². The van der Waals surface area contributed by atoms with Gasteiger partial charge in [0, 0.05) is 17.7 Å². The van der Waals surface area contributed by atoms with Crippen LogP contribution in [0, 0.1) is 0 Å². The van der Waals surface area contributed by atoms with Crippen molar-refractivity contribution in [3.63, 3.8) is 0 Å². The van der Waals surface area contributed by atoms with Gasteiger partial charge in [0.1, 0.15) is 5.75 Å². The third kappa shape index (κ3) is 3.30. The molecule has 2 aliphatic rings. The van der Waals surface area contributed by atoms with Crippen LogP contribution in [0.25, 0.3) is 0 Å². The van der Waals surface area contributed by atoms with Gasteiger partial charge in [0.25, 0.3) is 0 Å². The fraction of sp³-hybridized carbons (Fsp3) is 0.625. The van der Waals surface area contributed by atoms with Crippen molar-refractivity contribution in [2.75, 3.05) is 12.4 Å². The first-order valence-corrected chi connectivity index (χ1v) is 8.74. The highest BCUT2D eigenvalue weighted by atomic mass is 32.2. The summed E-state index contributed by atoms with van der Waals surface area (Å²) >= 11 is 2.09. The molecule has 2 atom stereocenters. The average Bonchev–Trinajstić information content (AvgIpc) is 2.96. The van der Waals surface area contributed by atoms with Crippen LogP contribution >= 0.6 is 11.8 Å². The summed E-state index contributed by atoms with van der Waals surface area (Å²) in [7, 11) is 0. The van der Waals surface area contributed by atoms with Crippen LogP contribution in [-0.4, -0.2) is 23.7 Å². The molecule has 0 aliphatic carbocycles. The molecule has 1 fully saturated rings. The van der Waals surface area contributed by atoms with Crippen LogP contribution in [0.2, 0.25) is 0 Å². The quantitative estimate of drug-likeness (QED) is 0.647. The van der Waals surface area contributed by atoms with E-state index in [1.54, 1.807) is 0 Å². The van der Waals surface area contributed by atoms with Crippen LogP contribution in [0.4, 0.5) is 0 Å². The van der Waals surface area contributed by atoms with E-state index in [0.29, 0.717) is 11.3 Å². The number of aryl methyl sites for hydroxylation is 1. The minimum absolute atomic E-state index is 0.435. The molecule has 20 heavy (non-hydrogen) atoms. The molecule has 2 aliphatic heterocycles. The Bertz CT molecular complexity index is 446. The first kappa shape index (κ1) is 14.2. The molecule has 2 heterocycles. The second-order valence-electron chi connectivity index (χ2n) is 5.76. The Labute approximate surface area is 125 Å². The van der Waals surface area contributed by atoms with Gasteiger partial charge >= 0.3 is 0 Å². The van der Waals surface area contributed by atoms with Crippen LogP contribution in [0.15, 0.2) is 18.2 Å². The number of hydrogen-bond donors (Lipinski definition) is 2. The van der Waals surface area contributed by atoms with Crippen molar-refractivity contribution in [2.24, 2.45) is 5.84 Å². The zero-order valence-corrected chi connectivity index (χ0v) is 12.8. The lowest BCUT2D eigenvalue weighted by Gasteiger charge is -2.29. The fourth-order valence-corrected chi connectivity index (χ4v) is 4.63. The van der Waals surface area contributed by atoms with Gasteiger partial charge in [0.15, 0.2) is 0 Å². The Hall–Kier alpha value is -0.710. The van der Waals surface area contributed by atoms with E-state index in [2.05, 4.69) is 35.4 Å². The molecule has 0 radical (unpaired) electrons. The summed E-state index contributed by atoms with van der Waals surface area (Å²) in [5.74, 6) is 8.14. The second kappa shape index (κ2) is 6.83. The molecule has 3 N–H and O–H groups in total. The monoisotopic (exact) mass is 292 g/mol. The maximum atomic E-state index is 5.77. The molecule has 0 saturated carbocycles. The van der Waals surface area contributed by atoms with E-state index in [1.165, 1.54) is 36.1 Å². The molecule has 0 spiro atoms. The highest BCUT2D eigenvalue weighted by Gasteiger charge is 2.23. The van der Waals surface area contributed by atoms with Crippen molar-refractivity contribution in [3.05, 3.63) is 29.3 Å². The van der Waals surface area contributed by atoms with Crippen LogP contribution in [0.3, 0.4) is 0 Å². The number of hydrazine groups is 1. The van der Waals surface area contributed by atoms with Gasteiger partial charge in [0.05, 0.1) is 6.61 Å². The third-order valence-electron chi connectivity index (χ3n) is 4.38. The summed E-state index contributed by atoms with van der Waals surface area (Å²) < 4.78 is 5.56. The molecular weight excluding hydrogens is 268 g/mol. The predicted molar refractivity (Wildman–Crippen MR) is 85.2 cm³/mol. The zero-order chi connectivity index (χ0) is 13.8. The van der Waals surface area contributed by atoms with Gasteiger partial charge in [-0.15, -0.1) is 0 Å². The lowest BCUT2D eigenvalue weighted by molar-refractivity contribution is 0.357. The highest BCUT2D eigenvalue weighted by molar-refractivity contribution is 8.00. The topological polar surface area (TPSA) is 47.3 Å². The summed E-state index contributed by atoms with van der Waals surface area (Å²) in [4.78, 5) is 0. The molecular formula is C16H24N2OS. The van der Waals surface area contributed by atoms with Crippen LogP contribution in [-0.2, 0) is 12.8 Å². The van der Waals surface area contributed by atoms with Gasteiger partial charge in [-0.05, 0) is 48.6 Å². The van der Waals surface area contributed by atoms with E-state index < -0.39 is 0 Å².